The summed E-state index contributed by atoms with van der Waals surface area (Å²) in [5.74, 6) is -0.269. The normalized spacial score (nSPS) is 19.6. The molecule has 1 saturated heterocycles. The van der Waals surface area contributed by atoms with Gasteiger partial charge in [-0.05, 0) is 41.4 Å². The Morgan fingerprint density at radius 3 is 2.53 bits per heavy atom. The number of aliphatic hydroxyl groups is 2. The molecule has 1 fully saturated rings. The summed E-state index contributed by atoms with van der Waals surface area (Å²) in [5, 5.41) is 23.8. The molecule has 0 radical (unpaired) electrons. The number of β-amino-alcohol motifs (C(OH)–C–C–N with tert-alkyl or cyclic N) is 1. The van der Waals surface area contributed by atoms with Gasteiger partial charge in [0.2, 0.25) is 5.91 Å². The fraction of sp³-hybridized carbons (Fsp3) is 0.500. The van der Waals surface area contributed by atoms with Gasteiger partial charge in [0, 0.05) is 25.6 Å². The number of benzene rings is 1. The molecule has 3 aromatic rings. The molecule has 1 aromatic carbocycles. The van der Waals surface area contributed by atoms with Gasteiger partial charge < -0.3 is 19.7 Å². The van der Waals surface area contributed by atoms with Gasteiger partial charge in [-0.1, -0.05) is 49.5 Å². The van der Waals surface area contributed by atoms with Crippen molar-refractivity contribution in [2.24, 2.45) is 5.92 Å². The first-order chi connectivity index (χ1) is 17.2. The lowest BCUT2D eigenvalue weighted by atomic mass is 9.91. The van der Waals surface area contributed by atoms with Crippen LogP contribution in [-0.4, -0.2) is 64.6 Å². The zero-order valence-corrected chi connectivity index (χ0v) is 21.9. The Morgan fingerprint density at radius 2 is 1.92 bits per heavy atom. The summed E-state index contributed by atoms with van der Waals surface area (Å²) in [6.45, 7) is 7.79. The number of aryl methyl sites for hydroxylation is 1. The van der Waals surface area contributed by atoms with Crippen molar-refractivity contribution in [3.63, 3.8) is 0 Å². The zero-order valence-electron chi connectivity index (χ0n) is 21.0. The van der Waals surface area contributed by atoms with Gasteiger partial charge in [0.1, 0.15) is 11.7 Å². The molecule has 2 N–H and O–H groups in total. The molecule has 0 bridgehead atoms. The Kier molecular flexibility index (Phi) is 7.97. The van der Waals surface area contributed by atoms with Crippen LogP contribution in [0.5, 0.6) is 0 Å². The van der Waals surface area contributed by atoms with Crippen LogP contribution in [-0.2, 0) is 16.2 Å². The quantitative estimate of drug-likeness (QED) is 0.453. The van der Waals surface area contributed by atoms with Crippen molar-refractivity contribution in [1.82, 2.24) is 24.0 Å². The van der Waals surface area contributed by atoms with Crippen molar-refractivity contribution in [3.05, 3.63) is 53.7 Å². The fourth-order valence-corrected chi connectivity index (χ4v) is 5.61. The summed E-state index contributed by atoms with van der Waals surface area (Å²) in [5.41, 5.74) is 3.29. The van der Waals surface area contributed by atoms with Crippen LogP contribution in [0.25, 0.3) is 10.4 Å². The molecule has 1 aliphatic heterocycles. The maximum atomic E-state index is 13.6. The van der Waals surface area contributed by atoms with Crippen molar-refractivity contribution in [3.8, 4) is 10.4 Å². The van der Waals surface area contributed by atoms with E-state index in [0.29, 0.717) is 5.69 Å². The molecule has 2 aromatic heterocycles. The molecule has 0 saturated carbocycles. The van der Waals surface area contributed by atoms with E-state index in [1.54, 1.807) is 15.8 Å². The van der Waals surface area contributed by atoms with Crippen LogP contribution in [0.15, 0.2) is 36.8 Å². The SMILES string of the molecule is Cc1cn([C@H](C(=O)N2C[C@H](O)C[C@H]2C(=O)C[C@@H](C)c2ccc(-c3snnc3CO)cc2)C(C)C)cn1. The number of imidazole rings is 1. The highest BCUT2D eigenvalue weighted by Crippen LogP contribution is 2.31. The fourth-order valence-electron chi connectivity index (χ4n) is 4.93. The molecule has 0 aliphatic carbocycles. The number of aromatic nitrogens is 4. The Labute approximate surface area is 215 Å². The number of amides is 1. The van der Waals surface area contributed by atoms with Crippen LogP contribution in [0.1, 0.15) is 62.5 Å². The predicted molar refractivity (Wildman–Crippen MR) is 136 cm³/mol. The molecule has 4 atom stereocenters. The average molecular weight is 512 g/mol. The largest absolute Gasteiger partial charge is 0.391 e. The van der Waals surface area contributed by atoms with Crippen molar-refractivity contribution >= 4 is 23.2 Å². The highest BCUT2D eigenvalue weighted by molar-refractivity contribution is 7.09. The number of hydrogen-bond donors (Lipinski definition) is 2. The van der Waals surface area contributed by atoms with Crippen molar-refractivity contribution < 1.29 is 19.8 Å². The molecule has 0 unspecified atom stereocenters. The highest BCUT2D eigenvalue weighted by atomic mass is 32.1. The van der Waals surface area contributed by atoms with Crippen molar-refractivity contribution in [1.29, 1.82) is 0 Å². The summed E-state index contributed by atoms with van der Waals surface area (Å²) in [4.78, 5) is 33.6. The van der Waals surface area contributed by atoms with Crippen LogP contribution < -0.4 is 0 Å². The topological polar surface area (TPSA) is 121 Å². The van der Waals surface area contributed by atoms with Crippen LogP contribution in [0.2, 0.25) is 0 Å². The number of carbonyl (C=O) groups is 2. The van der Waals surface area contributed by atoms with Crippen molar-refractivity contribution in [2.45, 2.75) is 71.2 Å². The lowest BCUT2D eigenvalue weighted by Crippen LogP contribution is -2.45. The molecule has 192 valence electrons. The first kappa shape index (κ1) is 26.1. The van der Waals surface area contributed by atoms with Crippen LogP contribution in [0.3, 0.4) is 0 Å². The average Bonchev–Trinajstić information content (AvgIpc) is 3.58. The second kappa shape index (κ2) is 11.0. The summed E-state index contributed by atoms with van der Waals surface area (Å²) in [6.07, 6.45) is 3.29. The summed E-state index contributed by atoms with van der Waals surface area (Å²) >= 11 is 1.23. The molecule has 3 heterocycles. The Morgan fingerprint density at radius 1 is 1.19 bits per heavy atom. The van der Waals surface area contributed by atoms with Crippen LogP contribution >= 0.6 is 11.5 Å². The number of Topliss-reactive ketones (excluding diaryl/α,β-unsaturated/α-hetero) is 1. The lowest BCUT2D eigenvalue weighted by Gasteiger charge is -2.31. The summed E-state index contributed by atoms with van der Waals surface area (Å²) < 4.78 is 5.72. The van der Waals surface area contributed by atoms with E-state index in [4.69, 9.17) is 0 Å². The highest BCUT2D eigenvalue weighted by Gasteiger charge is 2.42. The minimum atomic E-state index is -0.719. The Bertz CT molecular complexity index is 1210. The first-order valence-corrected chi connectivity index (χ1v) is 13.0. The van der Waals surface area contributed by atoms with Gasteiger partial charge >= 0.3 is 0 Å². The smallest absolute Gasteiger partial charge is 0.246 e. The molecular formula is C26H33N5O4S. The monoisotopic (exact) mass is 511 g/mol. The van der Waals surface area contributed by atoms with E-state index in [-0.39, 0.29) is 49.5 Å². The van der Waals surface area contributed by atoms with Gasteiger partial charge in [-0.15, -0.1) is 5.10 Å². The van der Waals surface area contributed by atoms with Crippen LogP contribution in [0.4, 0.5) is 0 Å². The first-order valence-electron chi connectivity index (χ1n) is 12.2. The molecule has 36 heavy (non-hydrogen) atoms. The van der Waals surface area contributed by atoms with E-state index < -0.39 is 18.2 Å². The van der Waals surface area contributed by atoms with Gasteiger partial charge in [-0.2, -0.15) is 0 Å². The number of carbonyl (C=O) groups excluding carboxylic acids is 2. The Hall–Kier alpha value is -2.95. The molecule has 9 nitrogen and oxygen atoms in total. The van der Waals surface area contributed by atoms with E-state index in [1.165, 1.54) is 11.5 Å². The molecular weight excluding hydrogens is 478 g/mol. The second-order valence-electron chi connectivity index (χ2n) is 9.95. The van der Waals surface area contributed by atoms with Crippen molar-refractivity contribution in [2.75, 3.05) is 6.54 Å². The van der Waals surface area contributed by atoms with Crippen LogP contribution in [0, 0.1) is 12.8 Å². The number of hydrogen-bond acceptors (Lipinski definition) is 8. The predicted octanol–water partition coefficient (Wildman–Crippen LogP) is 3.12. The third-order valence-corrected chi connectivity index (χ3v) is 7.64. The Balaban J connectivity index is 1.47. The van der Waals surface area contributed by atoms with E-state index in [1.807, 2.05) is 58.2 Å². The second-order valence-corrected chi connectivity index (χ2v) is 10.7. The van der Waals surface area contributed by atoms with Gasteiger partial charge in [0.05, 0.1) is 35.7 Å². The molecule has 0 spiro atoms. The van der Waals surface area contributed by atoms with Gasteiger partial charge in [0.25, 0.3) is 0 Å². The maximum absolute atomic E-state index is 13.6. The van der Waals surface area contributed by atoms with Gasteiger partial charge in [-0.3, -0.25) is 9.59 Å². The van der Waals surface area contributed by atoms with E-state index in [2.05, 4.69) is 14.6 Å². The molecule has 10 heteroatoms. The molecule has 1 amide bonds. The van der Waals surface area contributed by atoms with E-state index in [9.17, 15) is 19.8 Å². The standard InChI is InChI=1S/C26H33N5O4S/c1-15(2)24(30-11-17(4)27-14-30)26(35)31-12-20(33)10-22(31)23(34)9-16(3)18-5-7-19(8-6-18)25-21(13-32)28-29-36-25/h5-8,11,14-16,20,22,24,32-33H,9-10,12-13H2,1-4H3/t16-,20-,22+,24+/m1/s1. The molecule has 1 aliphatic rings. The lowest BCUT2D eigenvalue weighted by molar-refractivity contribution is -0.141. The number of ketones is 1. The molecule has 4 rings (SSSR count). The maximum Gasteiger partial charge on any atom is 0.246 e. The number of likely N-dealkylation sites (tertiary alicyclic amines) is 1. The third-order valence-electron chi connectivity index (χ3n) is 6.82. The number of aliphatic hydroxyl groups excluding tert-OH is 2. The van der Waals surface area contributed by atoms with Gasteiger partial charge in [-0.25, -0.2) is 4.98 Å². The minimum Gasteiger partial charge on any atom is -0.391 e. The number of rotatable bonds is 9. The third kappa shape index (κ3) is 5.40. The zero-order chi connectivity index (χ0) is 26.0. The van der Waals surface area contributed by atoms with E-state index in [0.717, 1.165) is 21.7 Å². The summed E-state index contributed by atoms with van der Waals surface area (Å²) in [7, 11) is 0. The van der Waals surface area contributed by atoms with E-state index >= 15 is 0 Å². The summed E-state index contributed by atoms with van der Waals surface area (Å²) in [6, 6.07) is 6.70. The minimum absolute atomic E-state index is 0.00266. The van der Waals surface area contributed by atoms with Gasteiger partial charge in [0.15, 0.2) is 5.78 Å². The number of nitrogens with zero attached hydrogens (tertiary/aromatic N) is 5.